The molecule has 0 radical (unpaired) electrons. The van der Waals surface area contributed by atoms with E-state index in [4.69, 9.17) is 27.9 Å². The van der Waals surface area contributed by atoms with Gasteiger partial charge in [-0.15, -0.1) is 0 Å². The zero-order chi connectivity index (χ0) is 18.9. The molecule has 1 fully saturated rings. The van der Waals surface area contributed by atoms with E-state index in [2.05, 4.69) is 62.4 Å². The maximum Gasteiger partial charge on any atom is 0.177 e. The van der Waals surface area contributed by atoms with Crippen LogP contribution >= 0.6 is 23.2 Å². The van der Waals surface area contributed by atoms with E-state index in [-0.39, 0.29) is 5.92 Å². The molecular formula is C24H20Cl2O. The van der Waals surface area contributed by atoms with Crippen LogP contribution in [0.1, 0.15) is 35.1 Å². The Morgan fingerprint density at radius 3 is 2.15 bits per heavy atom. The van der Waals surface area contributed by atoms with Gasteiger partial charge in [-0.05, 0) is 24.1 Å². The summed E-state index contributed by atoms with van der Waals surface area (Å²) >= 11 is 14.1. The van der Waals surface area contributed by atoms with Crippen molar-refractivity contribution in [3.63, 3.8) is 0 Å². The van der Waals surface area contributed by atoms with Gasteiger partial charge in [0.25, 0.3) is 0 Å². The molecule has 27 heavy (non-hydrogen) atoms. The second-order valence-corrected chi connectivity index (χ2v) is 9.13. The standard InChI is InChI=1S/C24H20Cl2O/c1-16-12-14-17(15-13-16)21-19-10-6-7-11-20(19)27-23(18-8-4-3-5-9-18)22(21,2)24(23,25)26/h3-15,21H,1-2H3/t21-,22-,23+/m1/s1. The van der Waals surface area contributed by atoms with Crippen LogP contribution in [0.3, 0.4) is 0 Å². The quantitative estimate of drug-likeness (QED) is 0.444. The molecule has 0 aromatic heterocycles. The fraction of sp³-hybridized carbons (Fsp3) is 0.250. The van der Waals surface area contributed by atoms with E-state index >= 15 is 0 Å². The van der Waals surface area contributed by atoms with Crippen LogP contribution in [-0.4, -0.2) is 4.33 Å². The molecule has 136 valence electrons. The summed E-state index contributed by atoms with van der Waals surface area (Å²) in [5.74, 6) is 0.894. The molecule has 1 aliphatic heterocycles. The van der Waals surface area contributed by atoms with Gasteiger partial charge in [0.2, 0.25) is 0 Å². The molecule has 1 heterocycles. The molecule has 0 amide bonds. The van der Waals surface area contributed by atoms with Gasteiger partial charge in [-0.3, -0.25) is 0 Å². The third-order valence-corrected chi connectivity index (χ3v) is 7.74. The topological polar surface area (TPSA) is 9.23 Å². The minimum Gasteiger partial charge on any atom is -0.478 e. The number of ether oxygens (including phenoxy) is 1. The minimum absolute atomic E-state index is 0.0401. The van der Waals surface area contributed by atoms with Crippen LogP contribution in [-0.2, 0) is 5.60 Å². The molecule has 1 aliphatic carbocycles. The molecule has 5 rings (SSSR count). The number of aryl methyl sites for hydroxylation is 1. The first-order chi connectivity index (χ1) is 12.9. The summed E-state index contributed by atoms with van der Waals surface area (Å²) in [5.41, 5.74) is 3.32. The van der Waals surface area contributed by atoms with Crippen molar-refractivity contribution in [2.24, 2.45) is 5.41 Å². The Kier molecular flexibility index (Phi) is 3.51. The van der Waals surface area contributed by atoms with Crippen molar-refractivity contribution in [1.82, 2.24) is 0 Å². The highest BCUT2D eigenvalue weighted by atomic mass is 35.5. The summed E-state index contributed by atoms with van der Waals surface area (Å²) in [4.78, 5) is 0. The smallest absolute Gasteiger partial charge is 0.177 e. The summed E-state index contributed by atoms with van der Waals surface area (Å²) in [6.07, 6.45) is 0. The van der Waals surface area contributed by atoms with Crippen LogP contribution in [0.2, 0.25) is 0 Å². The average molecular weight is 395 g/mol. The van der Waals surface area contributed by atoms with E-state index in [0.29, 0.717) is 0 Å². The number of hydrogen-bond acceptors (Lipinski definition) is 1. The number of alkyl halides is 2. The van der Waals surface area contributed by atoms with Crippen molar-refractivity contribution < 1.29 is 4.74 Å². The lowest BCUT2D eigenvalue weighted by Crippen LogP contribution is -2.33. The van der Waals surface area contributed by atoms with E-state index < -0.39 is 15.3 Å². The molecule has 0 N–H and O–H groups in total. The van der Waals surface area contributed by atoms with E-state index in [9.17, 15) is 0 Å². The van der Waals surface area contributed by atoms with Crippen molar-refractivity contribution in [2.45, 2.75) is 29.7 Å². The number of halogens is 2. The normalized spacial score (nSPS) is 30.0. The highest BCUT2D eigenvalue weighted by Crippen LogP contribution is 2.85. The number of fused-ring (bicyclic) bond motifs is 2. The molecule has 0 spiro atoms. The molecule has 1 nitrogen and oxygen atoms in total. The lowest BCUT2D eigenvalue weighted by Gasteiger charge is -2.36. The van der Waals surface area contributed by atoms with Crippen molar-refractivity contribution in [1.29, 1.82) is 0 Å². The highest BCUT2D eigenvalue weighted by molar-refractivity contribution is 6.53. The fourth-order valence-electron chi connectivity index (χ4n) is 4.94. The second kappa shape index (κ2) is 5.53. The van der Waals surface area contributed by atoms with Gasteiger partial charge < -0.3 is 4.74 Å². The SMILES string of the molecule is Cc1ccc([C@@H]2c3ccccc3O[C@]3(c4ccccc4)C(Cl)(Cl)[C@]23C)cc1. The Morgan fingerprint density at radius 2 is 1.44 bits per heavy atom. The number of rotatable bonds is 2. The predicted octanol–water partition coefficient (Wildman–Crippen LogP) is 6.61. The fourth-order valence-corrected chi connectivity index (χ4v) is 6.02. The van der Waals surface area contributed by atoms with Gasteiger partial charge >= 0.3 is 0 Å². The first-order valence-electron chi connectivity index (χ1n) is 9.21. The van der Waals surface area contributed by atoms with Crippen LogP contribution in [0.4, 0.5) is 0 Å². The maximum absolute atomic E-state index is 7.05. The van der Waals surface area contributed by atoms with Crippen LogP contribution in [0, 0.1) is 12.3 Å². The largest absolute Gasteiger partial charge is 0.478 e. The zero-order valence-corrected chi connectivity index (χ0v) is 16.8. The van der Waals surface area contributed by atoms with Crippen molar-refractivity contribution in [3.05, 3.63) is 101 Å². The Hall–Kier alpha value is -1.96. The van der Waals surface area contributed by atoms with E-state index in [0.717, 1.165) is 16.9 Å². The minimum atomic E-state index is -1.05. The molecule has 0 saturated heterocycles. The summed E-state index contributed by atoms with van der Waals surface area (Å²) in [5, 5.41) is 0. The van der Waals surface area contributed by atoms with Crippen molar-refractivity contribution in [3.8, 4) is 5.75 Å². The van der Waals surface area contributed by atoms with E-state index in [1.54, 1.807) is 0 Å². The van der Waals surface area contributed by atoms with Gasteiger partial charge in [-0.1, -0.05) is 108 Å². The van der Waals surface area contributed by atoms with Crippen LogP contribution < -0.4 is 4.74 Å². The lowest BCUT2D eigenvalue weighted by atomic mass is 9.74. The van der Waals surface area contributed by atoms with Gasteiger partial charge in [0.05, 0.1) is 5.41 Å². The first-order valence-corrected chi connectivity index (χ1v) is 9.97. The summed E-state index contributed by atoms with van der Waals surface area (Å²) in [6, 6.07) is 27.0. The van der Waals surface area contributed by atoms with Crippen molar-refractivity contribution >= 4 is 23.2 Å². The summed E-state index contributed by atoms with van der Waals surface area (Å²) in [6.45, 7) is 4.25. The van der Waals surface area contributed by atoms with Gasteiger partial charge in [0, 0.05) is 11.5 Å². The van der Waals surface area contributed by atoms with Crippen molar-refractivity contribution in [2.75, 3.05) is 0 Å². The number of hydrogen-bond donors (Lipinski definition) is 0. The van der Waals surface area contributed by atoms with Gasteiger partial charge in [-0.25, -0.2) is 0 Å². The summed E-state index contributed by atoms with van der Waals surface area (Å²) < 4.78 is 5.56. The Balaban J connectivity index is 1.79. The second-order valence-electron chi connectivity index (χ2n) is 7.81. The monoisotopic (exact) mass is 394 g/mol. The first kappa shape index (κ1) is 17.2. The van der Waals surface area contributed by atoms with Gasteiger partial charge in [-0.2, -0.15) is 0 Å². The molecular weight excluding hydrogens is 375 g/mol. The lowest BCUT2D eigenvalue weighted by molar-refractivity contribution is 0.102. The molecule has 3 aromatic rings. The molecule has 0 bridgehead atoms. The third-order valence-electron chi connectivity index (χ3n) is 6.42. The van der Waals surface area contributed by atoms with Gasteiger partial charge in [0.15, 0.2) is 9.93 Å². The zero-order valence-electron chi connectivity index (χ0n) is 15.2. The van der Waals surface area contributed by atoms with E-state index in [1.165, 1.54) is 11.1 Å². The summed E-state index contributed by atoms with van der Waals surface area (Å²) in [7, 11) is 0. The van der Waals surface area contributed by atoms with E-state index in [1.807, 2.05) is 30.3 Å². The molecule has 2 aliphatic rings. The molecule has 3 atom stereocenters. The number of benzene rings is 3. The molecule has 3 heteroatoms. The predicted molar refractivity (Wildman–Crippen MR) is 111 cm³/mol. The highest BCUT2D eigenvalue weighted by Gasteiger charge is 2.91. The van der Waals surface area contributed by atoms with Gasteiger partial charge in [0.1, 0.15) is 5.75 Å². The molecule has 0 unspecified atom stereocenters. The Morgan fingerprint density at radius 1 is 0.815 bits per heavy atom. The Bertz CT molecular complexity index is 1010. The van der Waals surface area contributed by atoms with Crippen LogP contribution in [0.5, 0.6) is 5.75 Å². The molecule has 3 aromatic carbocycles. The third kappa shape index (κ3) is 1.97. The van der Waals surface area contributed by atoms with Crippen LogP contribution in [0.15, 0.2) is 78.9 Å². The maximum atomic E-state index is 7.05. The number of para-hydroxylation sites is 1. The average Bonchev–Trinajstić information content (AvgIpc) is 3.09. The Labute approximate surface area is 169 Å². The molecule has 1 saturated carbocycles. The van der Waals surface area contributed by atoms with Crippen LogP contribution in [0.25, 0.3) is 0 Å².